The molecule has 1 aromatic heterocycles. The summed E-state index contributed by atoms with van der Waals surface area (Å²) < 4.78 is 0. The molecule has 3 heterocycles. The summed E-state index contributed by atoms with van der Waals surface area (Å²) in [5, 5.41) is 0. The Labute approximate surface area is 200 Å². The lowest BCUT2D eigenvalue weighted by molar-refractivity contribution is -0.108. The van der Waals surface area contributed by atoms with Gasteiger partial charge in [-0.3, -0.25) is 4.79 Å². The van der Waals surface area contributed by atoms with Crippen molar-refractivity contribution in [3.05, 3.63) is 77.7 Å². The Balaban J connectivity index is 1.29. The van der Waals surface area contributed by atoms with Gasteiger partial charge in [0.25, 0.3) is 5.91 Å². The van der Waals surface area contributed by atoms with E-state index >= 15 is 0 Å². The Kier molecular flexibility index (Phi) is 6.65. The van der Waals surface area contributed by atoms with Crippen LogP contribution in [0.5, 0.6) is 0 Å². The number of rotatable bonds is 6. The average Bonchev–Trinajstić information content (AvgIpc) is 2.92. The van der Waals surface area contributed by atoms with E-state index in [1.54, 1.807) is 6.33 Å². The van der Waals surface area contributed by atoms with E-state index in [4.69, 9.17) is 0 Å². The van der Waals surface area contributed by atoms with Gasteiger partial charge in [-0.1, -0.05) is 42.5 Å². The minimum atomic E-state index is 0.0487. The highest BCUT2D eigenvalue weighted by molar-refractivity contribution is 5.95. The van der Waals surface area contributed by atoms with Gasteiger partial charge in [0.2, 0.25) is 0 Å². The first-order valence-corrected chi connectivity index (χ1v) is 12.2. The highest BCUT2D eigenvalue weighted by Gasteiger charge is 2.28. The third-order valence-corrected chi connectivity index (χ3v) is 7.11. The molecule has 0 saturated carbocycles. The lowest BCUT2D eigenvalue weighted by Gasteiger charge is -2.36. The molecule has 0 unspecified atom stereocenters. The Hall–Kier alpha value is -3.54. The first kappa shape index (κ1) is 22.3. The average molecular weight is 455 g/mol. The van der Waals surface area contributed by atoms with E-state index in [-0.39, 0.29) is 5.91 Å². The van der Waals surface area contributed by atoms with Crippen molar-refractivity contribution in [2.24, 2.45) is 5.92 Å². The van der Waals surface area contributed by atoms with E-state index in [0.717, 1.165) is 73.3 Å². The molecule has 2 aliphatic rings. The molecular weight excluding hydrogens is 424 g/mol. The Morgan fingerprint density at radius 1 is 0.941 bits per heavy atom. The van der Waals surface area contributed by atoms with Crippen molar-refractivity contribution in [3.8, 4) is 11.1 Å². The number of aromatic nitrogens is 2. The van der Waals surface area contributed by atoms with Crippen molar-refractivity contribution in [2.45, 2.75) is 38.6 Å². The maximum absolute atomic E-state index is 13.3. The van der Waals surface area contributed by atoms with Crippen LogP contribution < -0.4 is 4.90 Å². The van der Waals surface area contributed by atoms with Crippen molar-refractivity contribution in [2.75, 3.05) is 24.5 Å². The zero-order chi connectivity index (χ0) is 23.3. The smallest absolute Gasteiger partial charge is 0.254 e. The van der Waals surface area contributed by atoms with Gasteiger partial charge in [0.05, 0.1) is 12.2 Å². The van der Waals surface area contributed by atoms with Gasteiger partial charge in [0, 0.05) is 43.6 Å². The van der Waals surface area contributed by atoms with Crippen LogP contribution in [0.1, 0.15) is 47.3 Å². The number of nitrogens with zero attached hydrogens (tertiary/aromatic N) is 4. The van der Waals surface area contributed by atoms with Gasteiger partial charge in [0.15, 0.2) is 0 Å². The molecule has 0 aliphatic carbocycles. The molecule has 0 bridgehead atoms. The first-order chi connectivity index (χ1) is 16.7. The summed E-state index contributed by atoms with van der Waals surface area (Å²) >= 11 is 0. The van der Waals surface area contributed by atoms with Crippen molar-refractivity contribution in [3.63, 3.8) is 0 Å². The molecule has 174 valence electrons. The summed E-state index contributed by atoms with van der Waals surface area (Å²) in [7, 11) is 0. The van der Waals surface area contributed by atoms with E-state index in [9.17, 15) is 9.59 Å². The summed E-state index contributed by atoms with van der Waals surface area (Å²) in [5.74, 6) is 1.62. The number of aldehydes is 1. The van der Waals surface area contributed by atoms with Crippen LogP contribution in [0.2, 0.25) is 0 Å². The number of anilines is 1. The molecule has 1 fully saturated rings. The summed E-state index contributed by atoms with van der Waals surface area (Å²) in [6.45, 7) is 3.07. The number of amides is 1. The van der Waals surface area contributed by atoms with E-state index in [1.165, 1.54) is 0 Å². The third kappa shape index (κ3) is 4.72. The van der Waals surface area contributed by atoms with Gasteiger partial charge < -0.3 is 14.6 Å². The molecule has 1 amide bonds. The number of carbonyl (C=O) groups excluding carboxylic acids is 2. The molecular formula is C28H30N4O2. The van der Waals surface area contributed by atoms with Crippen LogP contribution in [0.4, 0.5) is 5.82 Å². The highest BCUT2D eigenvalue weighted by Crippen LogP contribution is 2.31. The number of fused-ring (bicyclic) bond motifs is 1. The maximum Gasteiger partial charge on any atom is 0.254 e. The van der Waals surface area contributed by atoms with E-state index in [0.29, 0.717) is 31.0 Å². The highest BCUT2D eigenvalue weighted by atomic mass is 16.2. The largest absolute Gasteiger partial charge is 0.356 e. The molecule has 0 N–H and O–H groups in total. The summed E-state index contributed by atoms with van der Waals surface area (Å²) in [5.41, 5.74) is 5.09. The molecule has 1 saturated heterocycles. The van der Waals surface area contributed by atoms with Gasteiger partial charge in [-0.15, -0.1) is 0 Å². The minimum absolute atomic E-state index is 0.0487. The second-order valence-electron chi connectivity index (χ2n) is 9.22. The van der Waals surface area contributed by atoms with Crippen molar-refractivity contribution < 1.29 is 9.59 Å². The lowest BCUT2D eigenvalue weighted by atomic mass is 9.92. The fourth-order valence-electron chi connectivity index (χ4n) is 5.13. The van der Waals surface area contributed by atoms with Gasteiger partial charge in [0.1, 0.15) is 18.4 Å². The summed E-state index contributed by atoms with van der Waals surface area (Å²) in [6, 6.07) is 18.1. The van der Waals surface area contributed by atoms with E-state index in [2.05, 4.69) is 27.0 Å². The Morgan fingerprint density at radius 2 is 1.68 bits per heavy atom. The molecule has 5 rings (SSSR count). The molecule has 3 aromatic rings. The molecule has 0 spiro atoms. The van der Waals surface area contributed by atoms with Crippen LogP contribution in [-0.4, -0.2) is 46.7 Å². The van der Waals surface area contributed by atoms with Crippen LogP contribution in [-0.2, 0) is 17.8 Å². The van der Waals surface area contributed by atoms with Gasteiger partial charge >= 0.3 is 0 Å². The van der Waals surface area contributed by atoms with Gasteiger partial charge in [-0.25, -0.2) is 9.97 Å². The normalized spacial score (nSPS) is 16.2. The molecule has 2 aromatic carbocycles. The number of piperidine rings is 1. The third-order valence-electron chi connectivity index (χ3n) is 7.11. The van der Waals surface area contributed by atoms with Crippen molar-refractivity contribution in [1.29, 1.82) is 0 Å². The second kappa shape index (κ2) is 10.2. The van der Waals surface area contributed by atoms with Gasteiger partial charge in [-0.05, 0) is 48.4 Å². The molecule has 6 nitrogen and oxygen atoms in total. The number of hydrogen-bond acceptors (Lipinski definition) is 5. The van der Waals surface area contributed by atoms with Crippen LogP contribution in [0, 0.1) is 5.92 Å². The quantitative estimate of drug-likeness (QED) is 0.512. The van der Waals surface area contributed by atoms with Crippen molar-refractivity contribution in [1.82, 2.24) is 14.9 Å². The Bertz CT molecular complexity index is 1140. The zero-order valence-electron chi connectivity index (χ0n) is 19.4. The van der Waals surface area contributed by atoms with Crippen LogP contribution in [0.25, 0.3) is 11.1 Å². The van der Waals surface area contributed by atoms with E-state index in [1.807, 2.05) is 47.4 Å². The van der Waals surface area contributed by atoms with Crippen LogP contribution in [0.15, 0.2) is 60.9 Å². The summed E-state index contributed by atoms with van der Waals surface area (Å²) in [6.07, 6.45) is 7.20. The minimum Gasteiger partial charge on any atom is -0.356 e. The number of hydrogen-bond donors (Lipinski definition) is 0. The standard InChI is InChI=1S/C28H30N4O2/c33-18-4-5-21-12-15-31(16-13-21)27-25-19-32(17-14-26(25)29-20-30-27)28(34)24-10-8-23(9-11-24)22-6-2-1-3-7-22/h1-3,6-11,18,20-21H,4-5,12-17,19H2. The lowest BCUT2D eigenvalue weighted by Crippen LogP contribution is -2.40. The predicted molar refractivity (Wildman–Crippen MR) is 133 cm³/mol. The topological polar surface area (TPSA) is 66.4 Å². The zero-order valence-corrected chi connectivity index (χ0v) is 19.4. The molecule has 6 heteroatoms. The monoisotopic (exact) mass is 454 g/mol. The Morgan fingerprint density at radius 3 is 2.41 bits per heavy atom. The SMILES string of the molecule is O=CCCC1CCN(c2ncnc3c2CN(C(=O)c2ccc(-c4ccccc4)cc2)CC3)CC1. The van der Waals surface area contributed by atoms with Crippen molar-refractivity contribution >= 4 is 18.0 Å². The second-order valence-corrected chi connectivity index (χ2v) is 9.22. The molecule has 34 heavy (non-hydrogen) atoms. The molecule has 0 atom stereocenters. The summed E-state index contributed by atoms with van der Waals surface area (Å²) in [4.78, 5) is 37.5. The van der Waals surface area contributed by atoms with E-state index < -0.39 is 0 Å². The predicted octanol–water partition coefficient (Wildman–Crippen LogP) is 4.54. The fraction of sp³-hybridized carbons (Fsp3) is 0.357. The first-order valence-electron chi connectivity index (χ1n) is 12.2. The maximum atomic E-state index is 13.3. The molecule has 0 radical (unpaired) electrons. The number of carbonyl (C=O) groups is 2. The van der Waals surface area contributed by atoms with Crippen LogP contribution >= 0.6 is 0 Å². The van der Waals surface area contributed by atoms with Gasteiger partial charge in [-0.2, -0.15) is 0 Å². The number of benzene rings is 2. The van der Waals surface area contributed by atoms with Crippen LogP contribution in [0.3, 0.4) is 0 Å². The molecule has 2 aliphatic heterocycles. The fourth-order valence-corrected chi connectivity index (χ4v) is 5.13.